The molecule has 10 nitrogen and oxygen atoms in total. The zero-order valence-electron chi connectivity index (χ0n) is 15.8. The van der Waals surface area contributed by atoms with Gasteiger partial charge in [0.2, 0.25) is 5.95 Å². The first-order chi connectivity index (χ1) is 13.9. The Hall–Kier alpha value is -3.38. The lowest BCUT2D eigenvalue weighted by Gasteiger charge is -2.11. The van der Waals surface area contributed by atoms with Crippen molar-refractivity contribution in [3.63, 3.8) is 0 Å². The van der Waals surface area contributed by atoms with Crippen molar-refractivity contribution in [3.05, 3.63) is 54.5 Å². The maximum Gasteiger partial charge on any atom is 0.337 e. The number of nitrogens with one attached hydrogen (secondary N) is 1. The van der Waals surface area contributed by atoms with Crippen LogP contribution >= 0.6 is 0 Å². The van der Waals surface area contributed by atoms with Gasteiger partial charge >= 0.3 is 5.97 Å². The van der Waals surface area contributed by atoms with Crippen LogP contribution in [0, 0.1) is 0 Å². The lowest BCUT2D eigenvalue weighted by Crippen LogP contribution is -2.08. The molecule has 3 aromatic rings. The number of carboxylic acid groups (broad SMARTS) is 1. The molecule has 2 heterocycles. The number of hydrogen-bond donors (Lipinski definition) is 2. The number of sulfone groups is 2. The summed E-state index contributed by atoms with van der Waals surface area (Å²) in [5, 5.41) is 11.6. The Morgan fingerprint density at radius 3 is 2.37 bits per heavy atom. The van der Waals surface area contributed by atoms with Gasteiger partial charge in [-0.25, -0.2) is 31.6 Å². The van der Waals surface area contributed by atoms with Gasteiger partial charge in [-0.2, -0.15) is 0 Å². The molecule has 0 amide bonds. The van der Waals surface area contributed by atoms with Crippen molar-refractivity contribution < 1.29 is 26.7 Å². The SMILES string of the molecule is CS(=O)(=O)c1cccc(Nc2ncc(-c3cncc(C(=O)O)c3)c(S(C)(=O)=O)n2)c1. The first kappa shape index (κ1) is 21.3. The number of carboxylic acids is 1. The van der Waals surface area contributed by atoms with Gasteiger partial charge < -0.3 is 10.4 Å². The first-order valence-corrected chi connectivity index (χ1v) is 12.1. The highest BCUT2D eigenvalue weighted by atomic mass is 32.2. The van der Waals surface area contributed by atoms with E-state index in [9.17, 15) is 21.6 Å². The van der Waals surface area contributed by atoms with Gasteiger partial charge in [0.25, 0.3) is 0 Å². The third kappa shape index (κ3) is 4.78. The molecule has 0 saturated carbocycles. The summed E-state index contributed by atoms with van der Waals surface area (Å²) in [5.74, 6) is -1.29. The fourth-order valence-electron chi connectivity index (χ4n) is 2.54. The lowest BCUT2D eigenvalue weighted by molar-refractivity contribution is 0.0696. The van der Waals surface area contributed by atoms with Crippen LogP contribution in [0.1, 0.15) is 10.4 Å². The normalized spacial score (nSPS) is 11.8. The predicted octanol–water partition coefficient (Wildman–Crippen LogP) is 1.79. The van der Waals surface area contributed by atoms with Crippen LogP contribution in [0.15, 0.2) is 58.8 Å². The molecule has 0 aliphatic heterocycles. The molecule has 30 heavy (non-hydrogen) atoms. The minimum Gasteiger partial charge on any atom is -0.478 e. The van der Waals surface area contributed by atoms with Gasteiger partial charge in [-0.3, -0.25) is 4.98 Å². The molecule has 0 saturated heterocycles. The summed E-state index contributed by atoms with van der Waals surface area (Å²) in [6, 6.07) is 7.16. The first-order valence-electron chi connectivity index (χ1n) is 8.28. The quantitative estimate of drug-likeness (QED) is 0.533. The van der Waals surface area contributed by atoms with Gasteiger partial charge in [0.05, 0.1) is 10.5 Å². The minimum atomic E-state index is -3.82. The second-order valence-corrected chi connectivity index (χ2v) is 10.3. The van der Waals surface area contributed by atoms with Crippen LogP contribution in [0.3, 0.4) is 0 Å². The average Bonchev–Trinajstić information content (AvgIpc) is 2.67. The number of pyridine rings is 1. The molecule has 0 atom stereocenters. The van der Waals surface area contributed by atoms with Gasteiger partial charge in [0.15, 0.2) is 24.7 Å². The number of nitrogens with zero attached hydrogens (tertiary/aromatic N) is 3. The Morgan fingerprint density at radius 1 is 1.00 bits per heavy atom. The van der Waals surface area contributed by atoms with Crippen LogP contribution in [0.25, 0.3) is 11.1 Å². The van der Waals surface area contributed by atoms with Crippen molar-refractivity contribution in [2.45, 2.75) is 9.92 Å². The molecule has 0 aliphatic rings. The molecule has 3 rings (SSSR count). The van der Waals surface area contributed by atoms with E-state index in [1.807, 2.05) is 0 Å². The number of rotatable bonds is 6. The molecule has 2 N–H and O–H groups in total. The van der Waals surface area contributed by atoms with Gasteiger partial charge in [0.1, 0.15) is 0 Å². The highest BCUT2D eigenvalue weighted by Crippen LogP contribution is 2.27. The Kier molecular flexibility index (Phi) is 5.55. The number of benzene rings is 1. The van der Waals surface area contributed by atoms with E-state index in [-0.39, 0.29) is 32.6 Å². The second kappa shape index (κ2) is 7.80. The molecule has 156 valence electrons. The summed E-state index contributed by atoms with van der Waals surface area (Å²) in [5.41, 5.74) is 0.538. The smallest absolute Gasteiger partial charge is 0.337 e. The Labute approximate surface area is 172 Å². The summed E-state index contributed by atoms with van der Waals surface area (Å²) in [6.45, 7) is 0. The van der Waals surface area contributed by atoms with Crippen molar-refractivity contribution in [2.24, 2.45) is 0 Å². The van der Waals surface area contributed by atoms with Crippen LogP contribution in [0.2, 0.25) is 0 Å². The van der Waals surface area contributed by atoms with Crippen molar-refractivity contribution in [1.29, 1.82) is 0 Å². The van der Waals surface area contributed by atoms with Crippen molar-refractivity contribution in [2.75, 3.05) is 17.8 Å². The second-order valence-electron chi connectivity index (χ2n) is 6.38. The molecule has 0 unspecified atom stereocenters. The van der Waals surface area contributed by atoms with Gasteiger partial charge in [-0.1, -0.05) is 6.07 Å². The summed E-state index contributed by atoms with van der Waals surface area (Å²) >= 11 is 0. The number of aromatic carboxylic acids is 1. The Morgan fingerprint density at radius 2 is 1.73 bits per heavy atom. The van der Waals surface area contributed by atoms with E-state index in [0.29, 0.717) is 5.69 Å². The molecule has 0 aliphatic carbocycles. The van der Waals surface area contributed by atoms with E-state index < -0.39 is 25.6 Å². The fourth-order valence-corrected chi connectivity index (χ4v) is 4.03. The monoisotopic (exact) mass is 448 g/mol. The molecular weight excluding hydrogens is 432 g/mol. The van der Waals surface area contributed by atoms with Crippen molar-refractivity contribution >= 4 is 37.3 Å². The molecule has 2 aromatic heterocycles. The zero-order valence-corrected chi connectivity index (χ0v) is 17.4. The van der Waals surface area contributed by atoms with Gasteiger partial charge in [-0.15, -0.1) is 0 Å². The third-order valence-corrected chi connectivity index (χ3v) is 6.04. The highest BCUT2D eigenvalue weighted by molar-refractivity contribution is 7.91. The number of hydrogen-bond acceptors (Lipinski definition) is 9. The van der Waals surface area contributed by atoms with Crippen LogP contribution < -0.4 is 5.32 Å². The maximum absolute atomic E-state index is 12.3. The van der Waals surface area contributed by atoms with E-state index in [1.165, 1.54) is 36.7 Å². The molecule has 0 fully saturated rings. The van der Waals surface area contributed by atoms with Gasteiger partial charge in [-0.05, 0) is 24.3 Å². The molecule has 0 radical (unpaired) electrons. The minimum absolute atomic E-state index is 0.0732. The number of carbonyl (C=O) groups is 1. The standard InChI is InChI=1S/C18H16N4O6S2/c1-29(25,26)14-5-3-4-13(7-14)21-18-20-10-15(16(22-18)30(2,27)28)11-6-12(17(23)24)9-19-8-11/h3-10H,1-2H3,(H,23,24)(H,20,21,22). The maximum atomic E-state index is 12.3. The van der Waals surface area contributed by atoms with E-state index in [1.54, 1.807) is 6.07 Å². The van der Waals surface area contributed by atoms with E-state index in [4.69, 9.17) is 5.11 Å². The number of aromatic nitrogens is 3. The molecule has 0 spiro atoms. The summed E-state index contributed by atoms with van der Waals surface area (Å²) in [6.07, 6.45) is 5.70. The summed E-state index contributed by atoms with van der Waals surface area (Å²) in [7, 11) is -7.26. The van der Waals surface area contributed by atoms with E-state index >= 15 is 0 Å². The number of anilines is 2. The molecule has 12 heteroatoms. The zero-order chi connectivity index (χ0) is 22.1. The van der Waals surface area contributed by atoms with Crippen LogP contribution in [0.4, 0.5) is 11.6 Å². The van der Waals surface area contributed by atoms with Crippen LogP contribution in [0.5, 0.6) is 0 Å². The summed E-state index contributed by atoms with van der Waals surface area (Å²) in [4.78, 5) is 23.2. The third-order valence-electron chi connectivity index (χ3n) is 3.92. The van der Waals surface area contributed by atoms with Crippen molar-refractivity contribution in [1.82, 2.24) is 15.0 Å². The topological polar surface area (TPSA) is 156 Å². The van der Waals surface area contributed by atoms with Gasteiger partial charge in [0, 0.05) is 47.9 Å². The predicted molar refractivity (Wildman–Crippen MR) is 108 cm³/mol. The van der Waals surface area contributed by atoms with E-state index in [0.717, 1.165) is 18.7 Å². The van der Waals surface area contributed by atoms with E-state index in [2.05, 4.69) is 20.3 Å². The molecular formula is C18H16N4O6S2. The molecule has 1 aromatic carbocycles. The molecule has 0 bridgehead atoms. The highest BCUT2D eigenvalue weighted by Gasteiger charge is 2.20. The van der Waals surface area contributed by atoms with Crippen LogP contribution in [-0.4, -0.2) is 55.4 Å². The largest absolute Gasteiger partial charge is 0.478 e. The average molecular weight is 448 g/mol. The Balaban J connectivity index is 2.07. The summed E-state index contributed by atoms with van der Waals surface area (Å²) < 4.78 is 48.0. The fraction of sp³-hybridized carbons (Fsp3) is 0.111. The van der Waals surface area contributed by atoms with Crippen LogP contribution in [-0.2, 0) is 19.7 Å². The van der Waals surface area contributed by atoms with Crippen molar-refractivity contribution in [3.8, 4) is 11.1 Å². The Bertz CT molecular complexity index is 1350. The lowest BCUT2D eigenvalue weighted by atomic mass is 10.1.